The van der Waals surface area contributed by atoms with Crippen LogP contribution in [0.1, 0.15) is 55.8 Å². The van der Waals surface area contributed by atoms with E-state index in [4.69, 9.17) is 4.74 Å². The minimum absolute atomic E-state index is 0.0657. The minimum Gasteiger partial charge on any atom is -0.497 e. The maximum atomic E-state index is 13.4. The van der Waals surface area contributed by atoms with E-state index in [9.17, 15) is 19.4 Å². The van der Waals surface area contributed by atoms with E-state index in [0.717, 1.165) is 79.5 Å². The number of benzene rings is 2. The SMILES string of the molecule is COc1ccc2nccc(C(O)CC[C@@H]3CCN(CCCCc4cccc(F)c4)C[C@@H]3CC(=O)O)c2c1. The first-order chi connectivity index (χ1) is 17.9. The number of carbonyl (C=O) groups is 1. The number of nitrogens with zero attached hydrogens (tertiary/aromatic N) is 2. The van der Waals surface area contributed by atoms with Gasteiger partial charge in [-0.25, -0.2) is 4.39 Å². The van der Waals surface area contributed by atoms with Crippen LogP contribution in [0.5, 0.6) is 5.75 Å². The summed E-state index contributed by atoms with van der Waals surface area (Å²) in [6.45, 7) is 2.63. The van der Waals surface area contributed by atoms with Gasteiger partial charge in [0, 0.05) is 24.5 Å². The van der Waals surface area contributed by atoms with Crippen LogP contribution in [0.2, 0.25) is 0 Å². The molecule has 1 fully saturated rings. The third-order valence-corrected chi connectivity index (χ3v) is 7.64. The molecule has 0 radical (unpaired) electrons. The molecule has 2 heterocycles. The second-order valence-corrected chi connectivity index (χ2v) is 10.2. The number of pyridine rings is 1. The lowest BCUT2D eigenvalue weighted by atomic mass is 9.79. The smallest absolute Gasteiger partial charge is 0.303 e. The topological polar surface area (TPSA) is 82.9 Å². The second-order valence-electron chi connectivity index (χ2n) is 10.2. The maximum absolute atomic E-state index is 13.4. The number of piperidine rings is 1. The predicted molar refractivity (Wildman–Crippen MR) is 142 cm³/mol. The van der Waals surface area contributed by atoms with Crippen molar-refractivity contribution >= 4 is 16.9 Å². The number of aliphatic hydroxyl groups is 1. The van der Waals surface area contributed by atoms with Gasteiger partial charge in [0.25, 0.3) is 0 Å². The third-order valence-electron chi connectivity index (χ3n) is 7.64. The molecule has 6 nitrogen and oxygen atoms in total. The summed E-state index contributed by atoms with van der Waals surface area (Å²) in [6.07, 6.45) is 6.32. The zero-order valence-electron chi connectivity index (χ0n) is 21.5. The molecule has 3 aromatic rings. The average Bonchev–Trinajstić information content (AvgIpc) is 2.89. The fourth-order valence-electron chi connectivity index (χ4n) is 5.64. The number of carboxylic acids is 1. The molecule has 1 aliphatic rings. The maximum Gasteiger partial charge on any atom is 0.303 e. The van der Waals surface area contributed by atoms with E-state index in [-0.39, 0.29) is 24.1 Å². The van der Waals surface area contributed by atoms with Gasteiger partial charge in [0.2, 0.25) is 0 Å². The van der Waals surface area contributed by atoms with Crippen molar-refractivity contribution in [3.8, 4) is 5.75 Å². The van der Waals surface area contributed by atoms with Gasteiger partial charge in [-0.15, -0.1) is 0 Å². The summed E-state index contributed by atoms with van der Waals surface area (Å²) < 4.78 is 18.7. The summed E-state index contributed by atoms with van der Waals surface area (Å²) >= 11 is 0. The van der Waals surface area contributed by atoms with Gasteiger partial charge in [-0.1, -0.05) is 12.1 Å². The van der Waals surface area contributed by atoms with Crippen LogP contribution in [0.4, 0.5) is 4.39 Å². The molecule has 0 spiro atoms. The lowest BCUT2D eigenvalue weighted by Gasteiger charge is -2.38. The number of fused-ring (bicyclic) bond motifs is 1. The quantitative estimate of drug-likeness (QED) is 0.309. The summed E-state index contributed by atoms with van der Waals surface area (Å²) in [4.78, 5) is 18.4. The number of aliphatic carboxylic acids is 1. The van der Waals surface area contributed by atoms with Gasteiger partial charge in [-0.2, -0.15) is 0 Å². The van der Waals surface area contributed by atoms with Crippen molar-refractivity contribution in [3.63, 3.8) is 0 Å². The van der Waals surface area contributed by atoms with E-state index in [1.54, 1.807) is 25.4 Å². The Morgan fingerprint density at radius 3 is 2.84 bits per heavy atom. The van der Waals surface area contributed by atoms with Crippen LogP contribution in [-0.4, -0.2) is 52.8 Å². The molecule has 1 unspecified atom stereocenters. The summed E-state index contributed by atoms with van der Waals surface area (Å²) in [7, 11) is 1.62. The van der Waals surface area contributed by atoms with Crippen molar-refractivity contribution in [1.29, 1.82) is 0 Å². The zero-order chi connectivity index (χ0) is 26.2. The number of methoxy groups -OCH3 is 1. The Balaban J connectivity index is 1.31. The molecule has 37 heavy (non-hydrogen) atoms. The lowest BCUT2D eigenvalue weighted by molar-refractivity contribution is -0.139. The molecule has 0 amide bonds. The normalized spacial score (nSPS) is 19.1. The number of carboxylic acid groups (broad SMARTS) is 1. The van der Waals surface area contributed by atoms with E-state index in [1.165, 1.54) is 6.07 Å². The summed E-state index contributed by atoms with van der Waals surface area (Å²) in [5, 5.41) is 21.5. The van der Waals surface area contributed by atoms with Gasteiger partial charge in [0.15, 0.2) is 0 Å². The number of ether oxygens (including phenoxy) is 1. The molecule has 7 heteroatoms. The third kappa shape index (κ3) is 7.49. The monoisotopic (exact) mass is 508 g/mol. The number of aryl methyl sites for hydroxylation is 1. The van der Waals surface area contributed by atoms with Crippen molar-refractivity contribution in [1.82, 2.24) is 9.88 Å². The Hall–Kier alpha value is -3.03. The molecule has 0 saturated carbocycles. The van der Waals surface area contributed by atoms with Gasteiger partial charge in [-0.05, 0) is 111 Å². The number of halogens is 1. The van der Waals surface area contributed by atoms with Crippen LogP contribution in [0.25, 0.3) is 10.9 Å². The summed E-state index contributed by atoms with van der Waals surface area (Å²) in [6, 6.07) is 14.3. The lowest BCUT2D eigenvalue weighted by Crippen LogP contribution is -2.41. The molecule has 1 aromatic heterocycles. The zero-order valence-corrected chi connectivity index (χ0v) is 21.5. The van der Waals surface area contributed by atoms with Crippen molar-refractivity contribution in [3.05, 3.63) is 71.7 Å². The van der Waals surface area contributed by atoms with Gasteiger partial charge >= 0.3 is 5.97 Å². The number of hydrogen-bond donors (Lipinski definition) is 2. The van der Waals surface area contributed by atoms with Crippen LogP contribution in [-0.2, 0) is 11.2 Å². The summed E-state index contributed by atoms with van der Waals surface area (Å²) in [5.41, 5.74) is 2.66. The van der Waals surface area contributed by atoms with Crippen LogP contribution in [0, 0.1) is 17.7 Å². The fraction of sp³-hybridized carbons (Fsp3) is 0.467. The molecule has 1 saturated heterocycles. The highest BCUT2D eigenvalue weighted by Crippen LogP contribution is 2.35. The number of rotatable bonds is 12. The van der Waals surface area contributed by atoms with Gasteiger partial charge in [0.05, 0.1) is 18.7 Å². The molecule has 1 aliphatic heterocycles. The van der Waals surface area contributed by atoms with Crippen molar-refractivity contribution < 1.29 is 24.1 Å². The number of aliphatic hydroxyl groups excluding tert-OH is 1. The number of aromatic nitrogens is 1. The van der Waals surface area contributed by atoms with Gasteiger partial charge in [0.1, 0.15) is 11.6 Å². The van der Waals surface area contributed by atoms with Crippen LogP contribution < -0.4 is 4.74 Å². The highest BCUT2D eigenvalue weighted by molar-refractivity contribution is 5.83. The molecule has 2 aromatic carbocycles. The van der Waals surface area contributed by atoms with Crippen molar-refractivity contribution in [2.75, 3.05) is 26.7 Å². The van der Waals surface area contributed by atoms with Crippen LogP contribution >= 0.6 is 0 Å². The second kappa shape index (κ2) is 13.0. The van der Waals surface area contributed by atoms with E-state index in [1.807, 2.05) is 30.3 Å². The Morgan fingerprint density at radius 1 is 1.19 bits per heavy atom. The van der Waals surface area contributed by atoms with Crippen LogP contribution in [0.3, 0.4) is 0 Å². The fourth-order valence-corrected chi connectivity index (χ4v) is 5.64. The number of unbranched alkanes of at least 4 members (excludes halogenated alkanes) is 1. The summed E-state index contributed by atoms with van der Waals surface area (Å²) in [5.74, 6) is 0.0837. The first-order valence-corrected chi connectivity index (χ1v) is 13.2. The molecular weight excluding hydrogens is 471 g/mol. The number of likely N-dealkylation sites (tertiary alicyclic amines) is 1. The Labute approximate surface area is 218 Å². The Bertz CT molecular complexity index is 1190. The minimum atomic E-state index is -0.768. The van der Waals surface area contributed by atoms with Gasteiger partial charge < -0.3 is 19.8 Å². The molecule has 2 N–H and O–H groups in total. The first kappa shape index (κ1) is 27.0. The number of hydrogen-bond acceptors (Lipinski definition) is 5. The van der Waals surface area contributed by atoms with Crippen molar-refractivity contribution in [2.24, 2.45) is 11.8 Å². The van der Waals surface area contributed by atoms with E-state index in [0.29, 0.717) is 6.42 Å². The highest BCUT2D eigenvalue weighted by atomic mass is 19.1. The molecule has 0 bridgehead atoms. The Morgan fingerprint density at radius 2 is 2.05 bits per heavy atom. The largest absolute Gasteiger partial charge is 0.497 e. The van der Waals surface area contributed by atoms with Gasteiger partial charge in [-0.3, -0.25) is 9.78 Å². The molecule has 0 aliphatic carbocycles. The molecular formula is C30H37FN2O4. The average molecular weight is 509 g/mol. The molecule has 198 valence electrons. The molecule has 4 rings (SSSR count). The van der Waals surface area contributed by atoms with E-state index >= 15 is 0 Å². The van der Waals surface area contributed by atoms with Crippen LogP contribution in [0.15, 0.2) is 54.7 Å². The predicted octanol–water partition coefficient (Wildman–Crippen LogP) is 5.63. The Kier molecular flexibility index (Phi) is 9.47. The van der Waals surface area contributed by atoms with Crippen molar-refractivity contribution in [2.45, 2.75) is 51.0 Å². The standard InChI is InChI=1S/C30H37FN2O4/c1-37-25-9-10-28-27(19-25)26(12-14-32-28)29(34)11-8-22-13-16-33(20-23(22)18-30(35)36)15-3-2-5-21-6-4-7-24(31)17-21/h4,6-7,9-10,12,14,17,19,22-23,29,34H,2-3,5,8,11,13,15-16,18,20H2,1H3,(H,35,36)/t22-,23+,29?/m1/s1. The first-order valence-electron chi connectivity index (χ1n) is 13.2. The van der Waals surface area contributed by atoms with E-state index < -0.39 is 12.1 Å². The molecule has 3 atom stereocenters. The van der Waals surface area contributed by atoms with E-state index in [2.05, 4.69) is 9.88 Å². The highest BCUT2D eigenvalue weighted by Gasteiger charge is 2.31.